The van der Waals surface area contributed by atoms with E-state index in [9.17, 15) is 4.79 Å². The van der Waals surface area contributed by atoms with Crippen LogP contribution in [0.3, 0.4) is 0 Å². The highest BCUT2D eigenvalue weighted by molar-refractivity contribution is 5.98. The van der Waals surface area contributed by atoms with Crippen LogP contribution < -0.4 is 4.74 Å². The van der Waals surface area contributed by atoms with Crippen molar-refractivity contribution in [3.8, 4) is 5.75 Å². The summed E-state index contributed by atoms with van der Waals surface area (Å²) >= 11 is 0. The highest BCUT2D eigenvalue weighted by atomic mass is 16.5. The number of rotatable bonds is 2. The van der Waals surface area contributed by atoms with Crippen molar-refractivity contribution in [1.82, 2.24) is 0 Å². The molecule has 1 aromatic rings. The quantitative estimate of drug-likeness (QED) is 0.733. The Kier molecular flexibility index (Phi) is 2.85. The third-order valence-electron chi connectivity index (χ3n) is 3.49. The monoisotopic (exact) mass is 232 g/mol. The van der Waals surface area contributed by atoms with Gasteiger partial charge in [-0.3, -0.25) is 4.79 Å². The fraction of sp³-hybridized carbons (Fsp3) is 0.500. The van der Waals surface area contributed by atoms with Crippen molar-refractivity contribution in [3.05, 3.63) is 29.3 Å². The van der Waals surface area contributed by atoms with E-state index in [0.29, 0.717) is 13.2 Å². The molecule has 1 fully saturated rings. The summed E-state index contributed by atoms with van der Waals surface area (Å²) < 4.78 is 10.8. The summed E-state index contributed by atoms with van der Waals surface area (Å²) in [6, 6.07) is 5.80. The molecule has 0 bridgehead atoms. The van der Waals surface area contributed by atoms with E-state index < -0.39 is 0 Å². The van der Waals surface area contributed by atoms with Crippen molar-refractivity contribution >= 4 is 5.78 Å². The number of carbonyl (C=O) groups is 1. The molecule has 2 aliphatic heterocycles. The Hall–Kier alpha value is -1.35. The van der Waals surface area contributed by atoms with Gasteiger partial charge < -0.3 is 9.47 Å². The Balaban J connectivity index is 1.85. The lowest BCUT2D eigenvalue weighted by Crippen LogP contribution is -2.16. The lowest BCUT2D eigenvalue weighted by Gasteiger charge is -2.18. The maximum absolute atomic E-state index is 12.2. The second-order valence-electron chi connectivity index (χ2n) is 4.70. The predicted octanol–water partition coefficient (Wildman–Crippen LogP) is 2.23. The highest BCUT2D eigenvalue weighted by Crippen LogP contribution is 2.27. The summed E-state index contributed by atoms with van der Waals surface area (Å²) in [5.74, 6) is 1.21. The lowest BCUT2D eigenvalue weighted by molar-refractivity contribution is 0.0900. The number of Topliss-reactive ketones (excluding diaryl/α,β-unsaturated/α-hetero) is 1. The fourth-order valence-electron chi connectivity index (χ4n) is 2.49. The predicted molar refractivity (Wildman–Crippen MR) is 63.5 cm³/mol. The molecular formula is C14H16O3. The number of carbonyl (C=O) groups excluding carboxylic acids is 1. The zero-order valence-electron chi connectivity index (χ0n) is 9.78. The SMILES string of the molecule is O=C(c1ccc2c(c1)CCCO2)C1CCOC1. The van der Waals surface area contributed by atoms with E-state index in [0.717, 1.165) is 37.2 Å². The van der Waals surface area contributed by atoms with E-state index in [2.05, 4.69) is 0 Å². The van der Waals surface area contributed by atoms with Gasteiger partial charge in [-0.2, -0.15) is 0 Å². The van der Waals surface area contributed by atoms with E-state index in [1.807, 2.05) is 18.2 Å². The summed E-state index contributed by atoms with van der Waals surface area (Å²) in [7, 11) is 0. The van der Waals surface area contributed by atoms with Gasteiger partial charge in [0.15, 0.2) is 5.78 Å². The number of ether oxygens (including phenoxy) is 2. The lowest BCUT2D eigenvalue weighted by atomic mass is 9.94. The Morgan fingerprint density at radius 2 is 2.24 bits per heavy atom. The molecule has 0 aromatic heterocycles. The first-order chi connectivity index (χ1) is 8.34. The largest absolute Gasteiger partial charge is 0.493 e. The van der Waals surface area contributed by atoms with Gasteiger partial charge in [-0.15, -0.1) is 0 Å². The molecule has 0 spiro atoms. The molecular weight excluding hydrogens is 216 g/mol. The number of hydrogen-bond acceptors (Lipinski definition) is 3. The molecule has 1 unspecified atom stereocenters. The first-order valence-corrected chi connectivity index (χ1v) is 6.22. The Bertz CT molecular complexity index is 433. The Labute approximate surface area is 101 Å². The normalized spacial score (nSPS) is 22.9. The highest BCUT2D eigenvalue weighted by Gasteiger charge is 2.25. The topological polar surface area (TPSA) is 35.5 Å². The van der Waals surface area contributed by atoms with Crippen LogP contribution in [0.5, 0.6) is 5.75 Å². The Morgan fingerprint density at radius 3 is 3.06 bits per heavy atom. The van der Waals surface area contributed by atoms with Crippen LogP contribution in [-0.2, 0) is 11.2 Å². The van der Waals surface area contributed by atoms with E-state index in [4.69, 9.17) is 9.47 Å². The smallest absolute Gasteiger partial charge is 0.168 e. The van der Waals surface area contributed by atoms with E-state index >= 15 is 0 Å². The van der Waals surface area contributed by atoms with Crippen LogP contribution in [0.2, 0.25) is 0 Å². The summed E-state index contributed by atoms with van der Waals surface area (Å²) in [6.07, 6.45) is 2.90. The molecule has 90 valence electrons. The number of fused-ring (bicyclic) bond motifs is 1. The maximum atomic E-state index is 12.2. The molecule has 17 heavy (non-hydrogen) atoms. The molecule has 3 rings (SSSR count). The third kappa shape index (κ3) is 2.07. The van der Waals surface area contributed by atoms with Crippen molar-refractivity contribution in [2.75, 3.05) is 19.8 Å². The average Bonchev–Trinajstić information content (AvgIpc) is 2.91. The molecule has 0 aliphatic carbocycles. The van der Waals surface area contributed by atoms with Crippen LogP contribution in [-0.4, -0.2) is 25.6 Å². The molecule has 0 N–H and O–H groups in total. The van der Waals surface area contributed by atoms with Crippen LogP contribution >= 0.6 is 0 Å². The van der Waals surface area contributed by atoms with Crippen LogP contribution in [0.4, 0.5) is 0 Å². The summed E-state index contributed by atoms with van der Waals surface area (Å²) in [5.41, 5.74) is 1.98. The summed E-state index contributed by atoms with van der Waals surface area (Å²) in [5, 5.41) is 0. The number of aryl methyl sites for hydroxylation is 1. The first kappa shape index (κ1) is 10.8. The van der Waals surface area contributed by atoms with Gasteiger partial charge in [-0.05, 0) is 43.0 Å². The van der Waals surface area contributed by atoms with Gasteiger partial charge in [0.2, 0.25) is 0 Å². The van der Waals surface area contributed by atoms with E-state index in [1.165, 1.54) is 5.56 Å². The molecule has 2 aliphatic rings. The van der Waals surface area contributed by atoms with Gasteiger partial charge in [0.25, 0.3) is 0 Å². The van der Waals surface area contributed by atoms with Crippen molar-refractivity contribution < 1.29 is 14.3 Å². The third-order valence-corrected chi connectivity index (χ3v) is 3.49. The molecule has 1 aromatic carbocycles. The zero-order chi connectivity index (χ0) is 11.7. The van der Waals surface area contributed by atoms with Crippen LogP contribution in [0.15, 0.2) is 18.2 Å². The van der Waals surface area contributed by atoms with Gasteiger partial charge in [0.1, 0.15) is 5.75 Å². The van der Waals surface area contributed by atoms with Gasteiger partial charge >= 0.3 is 0 Å². The molecule has 0 saturated carbocycles. The minimum Gasteiger partial charge on any atom is -0.493 e. The standard InChI is InChI=1S/C14H16O3/c15-14(12-5-7-16-9-12)11-3-4-13-10(8-11)2-1-6-17-13/h3-4,8,12H,1-2,5-7,9H2. The second-order valence-corrected chi connectivity index (χ2v) is 4.70. The molecule has 0 radical (unpaired) electrons. The summed E-state index contributed by atoms with van der Waals surface area (Å²) in [6.45, 7) is 2.08. The van der Waals surface area contributed by atoms with Crippen LogP contribution in [0.1, 0.15) is 28.8 Å². The fourth-order valence-corrected chi connectivity index (χ4v) is 2.49. The van der Waals surface area contributed by atoms with Crippen molar-refractivity contribution in [1.29, 1.82) is 0 Å². The summed E-state index contributed by atoms with van der Waals surface area (Å²) in [4.78, 5) is 12.2. The molecule has 1 atom stereocenters. The maximum Gasteiger partial charge on any atom is 0.168 e. The number of benzene rings is 1. The number of ketones is 1. The first-order valence-electron chi connectivity index (χ1n) is 6.22. The van der Waals surface area contributed by atoms with Crippen LogP contribution in [0.25, 0.3) is 0 Å². The van der Waals surface area contributed by atoms with Crippen LogP contribution in [0, 0.1) is 5.92 Å². The zero-order valence-corrected chi connectivity index (χ0v) is 9.78. The van der Waals surface area contributed by atoms with Crippen molar-refractivity contribution in [2.45, 2.75) is 19.3 Å². The molecule has 1 saturated heterocycles. The minimum atomic E-state index is 0.0533. The molecule has 2 heterocycles. The molecule has 3 nitrogen and oxygen atoms in total. The van der Waals surface area contributed by atoms with Gasteiger partial charge in [-0.1, -0.05) is 0 Å². The molecule has 3 heteroatoms. The van der Waals surface area contributed by atoms with E-state index in [1.54, 1.807) is 0 Å². The van der Waals surface area contributed by atoms with Gasteiger partial charge in [0, 0.05) is 18.1 Å². The van der Waals surface area contributed by atoms with Gasteiger partial charge in [0.05, 0.1) is 13.2 Å². The molecule has 0 amide bonds. The number of hydrogen-bond donors (Lipinski definition) is 0. The minimum absolute atomic E-state index is 0.0533. The second kappa shape index (κ2) is 4.49. The van der Waals surface area contributed by atoms with E-state index in [-0.39, 0.29) is 11.7 Å². The van der Waals surface area contributed by atoms with Gasteiger partial charge in [-0.25, -0.2) is 0 Å². The van der Waals surface area contributed by atoms with Crippen molar-refractivity contribution in [2.24, 2.45) is 5.92 Å². The van der Waals surface area contributed by atoms with Crippen molar-refractivity contribution in [3.63, 3.8) is 0 Å². The Morgan fingerprint density at radius 1 is 1.29 bits per heavy atom. The average molecular weight is 232 g/mol.